The molecule has 4 rings (SSSR count). The van der Waals surface area contributed by atoms with Gasteiger partial charge in [-0.2, -0.15) is 0 Å². The van der Waals surface area contributed by atoms with E-state index in [-0.39, 0.29) is 23.4 Å². The normalized spacial score (nSPS) is 50.4. The molecule has 0 aliphatic heterocycles. The number of carboxylic acid groups (broad SMARTS) is 1. The van der Waals surface area contributed by atoms with E-state index in [0.717, 1.165) is 51.4 Å². The van der Waals surface area contributed by atoms with Gasteiger partial charge in [0, 0.05) is 6.42 Å². The van der Waals surface area contributed by atoms with Gasteiger partial charge in [0.2, 0.25) is 0 Å². The molecule has 0 spiro atoms. The fourth-order valence-corrected chi connectivity index (χ4v) is 7.48. The highest BCUT2D eigenvalue weighted by Gasteiger charge is 2.63. The van der Waals surface area contributed by atoms with Crippen LogP contribution >= 0.6 is 0 Å². The van der Waals surface area contributed by atoms with Gasteiger partial charge in [-0.15, -0.1) is 0 Å². The average molecular weight is 363 g/mol. The number of carboxylic acids is 1. The summed E-state index contributed by atoms with van der Waals surface area (Å²) in [6.07, 6.45) is 10.5. The van der Waals surface area contributed by atoms with Crippen molar-refractivity contribution in [1.29, 1.82) is 0 Å². The van der Waals surface area contributed by atoms with Gasteiger partial charge in [0.15, 0.2) is 0 Å². The van der Waals surface area contributed by atoms with Crippen molar-refractivity contribution in [2.45, 2.75) is 89.8 Å². The third kappa shape index (κ3) is 2.51. The van der Waals surface area contributed by atoms with E-state index in [1.165, 1.54) is 5.57 Å². The van der Waals surface area contributed by atoms with Crippen LogP contribution in [0.25, 0.3) is 0 Å². The monoisotopic (exact) mass is 362 g/mol. The van der Waals surface area contributed by atoms with E-state index < -0.39 is 11.6 Å². The second-order valence-corrected chi connectivity index (χ2v) is 10.1. The summed E-state index contributed by atoms with van der Waals surface area (Å²) < 4.78 is 0. The molecule has 0 saturated heterocycles. The molecule has 26 heavy (non-hydrogen) atoms. The van der Waals surface area contributed by atoms with Crippen molar-refractivity contribution in [1.82, 2.24) is 0 Å². The smallest absolute Gasteiger partial charge is 0.303 e. The van der Waals surface area contributed by atoms with Gasteiger partial charge in [0.25, 0.3) is 0 Å². The highest BCUT2D eigenvalue weighted by Crippen LogP contribution is 2.67. The van der Waals surface area contributed by atoms with Crippen LogP contribution in [0, 0.1) is 28.6 Å². The third-order valence-electron chi connectivity index (χ3n) is 9.15. The Hall–Kier alpha value is -0.870. The number of fused-ring (bicyclic) bond motifs is 5. The number of aliphatic hydroxyl groups excluding tert-OH is 1. The molecule has 3 N–H and O–H groups in total. The van der Waals surface area contributed by atoms with Crippen LogP contribution in [0.5, 0.6) is 0 Å². The maximum absolute atomic E-state index is 11.4. The predicted octanol–water partition coefficient (Wildman–Crippen LogP) is 3.91. The van der Waals surface area contributed by atoms with E-state index in [1.807, 2.05) is 0 Å². The number of aliphatic hydroxyl groups is 2. The molecule has 0 aromatic heterocycles. The summed E-state index contributed by atoms with van der Waals surface area (Å²) in [7, 11) is 0. The number of rotatable bonds is 3. The van der Waals surface area contributed by atoms with Gasteiger partial charge in [-0.25, -0.2) is 0 Å². The Morgan fingerprint density at radius 1 is 1.15 bits per heavy atom. The van der Waals surface area contributed by atoms with Gasteiger partial charge in [-0.3, -0.25) is 4.79 Å². The number of hydrogen-bond acceptors (Lipinski definition) is 3. The average Bonchev–Trinajstić information content (AvgIpc) is 2.86. The van der Waals surface area contributed by atoms with Crippen LogP contribution in [0.2, 0.25) is 0 Å². The molecule has 0 aromatic carbocycles. The third-order valence-corrected chi connectivity index (χ3v) is 9.15. The van der Waals surface area contributed by atoms with Crippen molar-refractivity contribution in [3.63, 3.8) is 0 Å². The minimum atomic E-state index is -0.825. The SMILES string of the molecule is C[C@]12CC[C@@H](O)CC1=CC[C@@H]1[C@@H]2CC[C@@]2(C)[C@H]1CC[C@]2(O)CCC(=O)O. The van der Waals surface area contributed by atoms with Crippen molar-refractivity contribution < 1.29 is 20.1 Å². The Bertz CT molecular complexity index is 628. The van der Waals surface area contributed by atoms with Crippen LogP contribution in [0.1, 0.15) is 78.1 Å². The fraction of sp³-hybridized carbons (Fsp3) is 0.864. The molecule has 3 saturated carbocycles. The highest BCUT2D eigenvalue weighted by molar-refractivity contribution is 5.66. The van der Waals surface area contributed by atoms with Gasteiger partial charge in [0.1, 0.15) is 0 Å². The lowest BCUT2D eigenvalue weighted by molar-refractivity contribution is -0.146. The topological polar surface area (TPSA) is 77.8 Å². The number of allylic oxidation sites excluding steroid dienone is 1. The quantitative estimate of drug-likeness (QED) is 0.665. The molecule has 0 amide bonds. The lowest BCUT2D eigenvalue weighted by atomic mass is 9.47. The molecule has 4 nitrogen and oxygen atoms in total. The maximum atomic E-state index is 11.4. The molecule has 3 fully saturated rings. The molecular formula is C22H34O4. The van der Waals surface area contributed by atoms with Gasteiger partial charge < -0.3 is 15.3 Å². The first kappa shape index (κ1) is 18.5. The minimum Gasteiger partial charge on any atom is -0.481 e. The summed E-state index contributed by atoms with van der Waals surface area (Å²) in [4.78, 5) is 11.1. The van der Waals surface area contributed by atoms with E-state index in [9.17, 15) is 15.0 Å². The van der Waals surface area contributed by atoms with Crippen molar-refractivity contribution in [2.75, 3.05) is 0 Å². The Balaban J connectivity index is 1.61. The van der Waals surface area contributed by atoms with Crippen molar-refractivity contribution in [2.24, 2.45) is 28.6 Å². The zero-order valence-electron chi connectivity index (χ0n) is 16.2. The summed E-state index contributed by atoms with van der Waals surface area (Å²) in [5.74, 6) is 0.922. The summed E-state index contributed by atoms with van der Waals surface area (Å²) in [5, 5.41) is 30.6. The minimum absolute atomic E-state index is 0.0621. The van der Waals surface area contributed by atoms with Crippen LogP contribution in [-0.2, 0) is 4.79 Å². The molecule has 0 aromatic rings. The number of aliphatic carboxylic acids is 1. The lowest BCUT2D eigenvalue weighted by Gasteiger charge is -2.59. The standard InChI is InChI=1S/C22H34O4/c1-20-9-5-15(23)13-14(20)3-4-16-17(20)6-10-21(2)18(16)7-11-22(21,26)12-8-19(24)25/h3,15-18,23,26H,4-13H2,1-2H3,(H,24,25)/t15-,16-,17+,18+,20+,21+,22+/m1/s1. The fourth-order valence-electron chi connectivity index (χ4n) is 7.48. The zero-order valence-corrected chi connectivity index (χ0v) is 16.2. The van der Waals surface area contributed by atoms with Crippen LogP contribution in [0.3, 0.4) is 0 Å². The molecule has 7 atom stereocenters. The Kier molecular flexibility index (Phi) is 4.31. The second-order valence-electron chi connectivity index (χ2n) is 10.1. The van der Waals surface area contributed by atoms with Gasteiger partial charge in [-0.05, 0) is 86.4 Å². The summed E-state index contributed by atoms with van der Waals surface area (Å²) in [5.41, 5.74) is 0.708. The number of carbonyl (C=O) groups is 1. The molecule has 4 heteroatoms. The summed E-state index contributed by atoms with van der Waals surface area (Å²) in [6, 6.07) is 0. The second kappa shape index (κ2) is 6.07. The van der Waals surface area contributed by atoms with E-state index in [0.29, 0.717) is 24.2 Å². The van der Waals surface area contributed by atoms with Gasteiger partial charge in [-0.1, -0.05) is 25.5 Å². The van der Waals surface area contributed by atoms with Crippen LogP contribution in [-0.4, -0.2) is 33.0 Å². The first-order chi connectivity index (χ1) is 12.2. The molecule has 146 valence electrons. The maximum Gasteiger partial charge on any atom is 0.303 e. The summed E-state index contributed by atoms with van der Waals surface area (Å²) >= 11 is 0. The first-order valence-electron chi connectivity index (χ1n) is 10.5. The van der Waals surface area contributed by atoms with Crippen molar-refractivity contribution in [3.8, 4) is 0 Å². The predicted molar refractivity (Wildman–Crippen MR) is 99.5 cm³/mol. The van der Waals surface area contributed by atoms with Crippen molar-refractivity contribution in [3.05, 3.63) is 11.6 Å². The highest BCUT2D eigenvalue weighted by atomic mass is 16.4. The first-order valence-corrected chi connectivity index (χ1v) is 10.5. The van der Waals surface area contributed by atoms with E-state index in [2.05, 4.69) is 19.9 Å². The molecule has 0 radical (unpaired) electrons. The lowest BCUT2D eigenvalue weighted by Crippen LogP contribution is -2.54. The van der Waals surface area contributed by atoms with Gasteiger partial charge >= 0.3 is 5.97 Å². The zero-order chi connectivity index (χ0) is 18.7. The van der Waals surface area contributed by atoms with Crippen LogP contribution in [0.15, 0.2) is 11.6 Å². The van der Waals surface area contributed by atoms with Crippen molar-refractivity contribution >= 4 is 5.97 Å². The van der Waals surface area contributed by atoms with E-state index in [4.69, 9.17) is 5.11 Å². The Morgan fingerprint density at radius 3 is 2.62 bits per heavy atom. The van der Waals surface area contributed by atoms with Crippen LogP contribution in [0.4, 0.5) is 0 Å². The van der Waals surface area contributed by atoms with E-state index >= 15 is 0 Å². The molecular weight excluding hydrogens is 328 g/mol. The van der Waals surface area contributed by atoms with E-state index in [1.54, 1.807) is 0 Å². The molecule has 0 heterocycles. The summed E-state index contributed by atoms with van der Waals surface area (Å²) in [6.45, 7) is 4.64. The molecule has 0 unspecified atom stereocenters. The number of hydrogen-bond donors (Lipinski definition) is 3. The van der Waals surface area contributed by atoms with Gasteiger partial charge in [0.05, 0.1) is 11.7 Å². The van der Waals surface area contributed by atoms with Crippen LogP contribution < -0.4 is 0 Å². The Morgan fingerprint density at radius 2 is 1.88 bits per heavy atom. The molecule has 4 aliphatic rings. The Labute approximate surface area is 156 Å². The largest absolute Gasteiger partial charge is 0.481 e. The molecule has 4 aliphatic carbocycles. The molecule has 0 bridgehead atoms.